The number of hydrogen-bond acceptors (Lipinski definition) is 5. The van der Waals surface area contributed by atoms with Gasteiger partial charge in [-0.05, 0) is 50.2 Å². The van der Waals surface area contributed by atoms with Crippen molar-refractivity contribution < 1.29 is 14.3 Å². The van der Waals surface area contributed by atoms with Gasteiger partial charge in [0.2, 0.25) is 0 Å². The topological polar surface area (TPSA) is 60.5 Å². The molecule has 0 bridgehead atoms. The zero-order valence-electron chi connectivity index (χ0n) is 15.0. The van der Waals surface area contributed by atoms with Gasteiger partial charge >= 0.3 is 0 Å². The Labute approximate surface area is 166 Å². The van der Waals surface area contributed by atoms with Crippen LogP contribution in [-0.2, 0) is 4.79 Å². The number of anilines is 1. The van der Waals surface area contributed by atoms with Crippen molar-refractivity contribution in [2.24, 2.45) is 0 Å². The second kappa shape index (κ2) is 8.88. The van der Waals surface area contributed by atoms with Crippen molar-refractivity contribution >= 4 is 34.0 Å². The zero-order valence-corrected chi connectivity index (χ0v) is 16.6. The minimum atomic E-state index is -0.264. The van der Waals surface area contributed by atoms with E-state index in [1.165, 1.54) is 11.3 Å². The van der Waals surface area contributed by atoms with E-state index in [2.05, 4.69) is 10.3 Å². The number of nitrogens with zero attached hydrogens (tertiary/aromatic N) is 1. The number of aryl methyl sites for hydroxylation is 1. The molecule has 1 heterocycles. The molecular weight excluding hydrogens is 384 g/mol. The molecule has 27 heavy (non-hydrogen) atoms. The Hall–Kier alpha value is -2.57. The number of amides is 1. The molecule has 3 rings (SSSR count). The van der Waals surface area contributed by atoms with Crippen molar-refractivity contribution in [2.75, 3.05) is 18.5 Å². The van der Waals surface area contributed by atoms with Gasteiger partial charge in [0.15, 0.2) is 11.7 Å². The Balaban J connectivity index is 1.58. The van der Waals surface area contributed by atoms with Crippen molar-refractivity contribution in [1.82, 2.24) is 4.98 Å². The molecule has 3 aromatic rings. The average Bonchev–Trinajstić information content (AvgIpc) is 3.02. The quantitative estimate of drug-likeness (QED) is 0.590. The summed E-state index contributed by atoms with van der Waals surface area (Å²) in [5, 5.41) is 3.99. The van der Waals surface area contributed by atoms with Crippen LogP contribution >= 0.6 is 22.9 Å². The SMILES string of the molecule is CCOc1ccc(OCC(=O)Nc2nc(-c3ccc(Cl)cc3)c(C)s2)cc1. The molecule has 0 atom stereocenters. The van der Waals surface area contributed by atoms with Crippen molar-refractivity contribution in [2.45, 2.75) is 13.8 Å². The highest BCUT2D eigenvalue weighted by atomic mass is 35.5. The van der Waals surface area contributed by atoms with Gasteiger partial charge in [0.25, 0.3) is 5.91 Å². The first-order valence-electron chi connectivity index (χ1n) is 8.44. The van der Waals surface area contributed by atoms with Crippen molar-refractivity contribution in [3.8, 4) is 22.8 Å². The molecule has 140 valence electrons. The predicted molar refractivity (Wildman–Crippen MR) is 109 cm³/mol. The first-order valence-corrected chi connectivity index (χ1v) is 9.63. The van der Waals surface area contributed by atoms with Crippen LogP contribution in [0.25, 0.3) is 11.3 Å². The molecule has 1 amide bonds. The second-order valence-electron chi connectivity index (χ2n) is 5.67. The van der Waals surface area contributed by atoms with E-state index in [-0.39, 0.29) is 12.5 Å². The van der Waals surface area contributed by atoms with Crippen molar-refractivity contribution in [3.05, 3.63) is 58.4 Å². The lowest BCUT2D eigenvalue weighted by molar-refractivity contribution is -0.118. The van der Waals surface area contributed by atoms with Crippen LogP contribution in [0.1, 0.15) is 11.8 Å². The molecule has 0 spiro atoms. The summed E-state index contributed by atoms with van der Waals surface area (Å²) in [6.45, 7) is 4.40. The first kappa shape index (κ1) is 19.2. The normalized spacial score (nSPS) is 10.5. The van der Waals surface area contributed by atoms with Crippen LogP contribution in [0.3, 0.4) is 0 Å². The Morgan fingerprint density at radius 2 is 1.70 bits per heavy atom. The summed E-state index contributed by atoms with van der Waals surface area (Å²) in [6.07, 6.45) is 0. The smallest absolute Gasteiger partial charge is 0.264 e. The number of rotatable bonds is 7. The number of carbonyl (C=O) groups excluding carboxylic acids is 1. The highest BCUT2D eigenvalue weighted by Crippen LogP contribution is 2.31. The molecule has 0 aliphatic rings. The molecule has 7 heteroatoms. The summed E-state index contributed by atoms with van der Waals surface area (Å²) in [7, 11) is 0. The molecular formula is C20H19ClN2O3S. The molecule has 1 aromatic heterocycles. The Bertz CT molecular complexity index is 908. The van der Waals surface area contributed by atoms with Crippen LogP contribution in [0.15, 0.2) is 48.5 Å². The molecule has 0 saturated carbocycles. The number of nitrogens with one attached hydrogen (secondary N) is 1. The summed E-state index contributed by atoms with van der Waals surface area (Å²) >= 11 is 7.35. The van der Waals surface area contributed by atoms with Gasteiger partial charge in [0.1, 0.15) is 11.5 Å². The lowest BCUT2D eigenvalue weighted by Crippen LogP contribution is -2.20. The summed E-state index contributed by atoms with van der Waals surface area (Å²) < 4.78 is 10.9. The Morgan fingerprint density at radius 1 is 1.07 bits per heavy atom. The summed E-state index contributed by atoms with van der Waals surface area (Å²) in [4.78, 5) is 17.7. The molecule has 0 unspecified atom stereocenters. The maximum Gasteiger partial charge on any atom is 0.264 e. The lowest BCUT2D eigenvalue weighted by Gasteiger charge is -2.07. The average molecular weight is 403 g/mol. The third-order valence-corrected chi connectivity index (χ3v) is 4.80. The van der Waals surface area contributed by atoms with Crippen molar-refractivity contribution in [1.29, 1.82) is 0 Å². The third-order valence-electron chi connectivity index (χ3n) is 3.67. The lowest BCUT2D eigenvalue weighted by atomic mass is 10.1. The molecule has 1 N–H and O–H groups in total. The fourth-order valence-electron chi connectivity index (χ4n) is 2.43. The minimum absolute atomic E-state index is 0.0944. The number of hydrogen-bond donors (Lipinski definition) is 1. The molecule has 2 aromatic carbocycles. The fourth-order valence-corrected chi connectivity index (χ4v) is 3.41. The zero-order chi connectivity index (χ0) is 19.2. The van der Waals surface area contributed by atoms with E-state index in [4.69, 9.17) is 21.1 Å². The van der Waals surface area contributed by atoms with E-state index in [1.807, 2.05) is 38.1 Å². The van der Waals surface area contributed by atoms with E-state index in [1.54, 1.807) is 24.3 Å². The van der Waals surface area contributed by atoms with Gasteiger partial charge in [-0.25, -0.2) is 4.98 Å². The number of benzene rings is 2. The Morgan fingerprint density at radius 3 is 2.33 bits per heavy atom. The van der Waals surface area contributed by atoms with Gasteiger partial charge in [0.05, 0.1) is 12.3 Å². The van der Waals surface area contributed by atoms with Gasteiger partial charge in [0, 0.05) is 15.5 Å². The molecule has 0 radical (unpaired) electrons. The monoisotopic (exact) mass is 402 g/mol. The van der Waals surface area contributed by atoms with Crippen molar-refractivity contribution in [3.63, 3.8) is 0 Å². The number of thiazole rings is 1. The fraction of sp³-hybridized carbons (Fsp3) is 0.200. The Kier molecular flexibility index (Phi) is 6.32. The number of halogens is 1. The van der Waals surface area contributed by atoms with E-state index < -0.39 is 0 Å². The molecule has 0 aliphatic heterocycles. The summed E-state index contributed by atoms with van der Waals surface area (Å²) in [5.41, 5.74) is 1.79. The van der Waals surface area contributed by atoms with E-state index in [0.29, 0.717) is 22.5 Å². The molecule has 0 aliphatic carbocycles. The molecule has 5 nitrogen and oxygen atoms in total. The van der Waals surface area contributed by atoms with Gasteiger partial charge in [-0.2, -0.15) is 0 Å². The second-order valence-corrected chi connectivity index (χ2v) is 7.31. The van der Waals surface area contributed by atoms with Crippen LogP contribution in [0.4, 0.5) is 5.13 Å². The van der Waals surface area contributed by atoms with E-state index >= 15 is 0 Å². The largest absolute Gasteiger partial charge is 0.494 e. The maximum absolute atomic E-state index is 12.1. The van der Waals surface area contributed by atoms with E-state index in [9.17, 15) is 4.79 Å². The van der Waals surface area contributed by atoms with Gasteiger partial charge in [-0.3, -0.25) is 10.1 Å². The van der Waals surface area contributed by atoms with Gasteiger partial charge < -0.3 is 9.47 Å². The number of ether oxygens (including phenoxy) is 2. The first-order chi connectivity index (χ1) is 13.0. The summed E-state index contributed by atoms with van der Waals surface area (Å²) in [5.74, 6) is 1.10. The van der Waals surface area contributed by atoms with E-state index in [0.717, 1.165) is 21.9 Å². The predicted octanol–water partition coefficient (Wildman–Crippen LogP) is 5.19. The maximum atomic E-state index is 12.1. The van der Waals surface area contributed by atoms with Crippen LogP contribution in [-0.4, -0.2) is 24.1 Å². The standard InChI is InChI=1S/C20H19ClN2O3S/c1-3-25-16-8-10-17(11-9-16)26-12-18(24)22-20-23-19(13(2)27-20)14-4-6-15(21)7-5-14/h4-11H,3,12H2,1-2H3,(H,22,23,24). The summed E-state index contributed by atoms with van der Waals surface area (Å²) in [6, 6.07) is 14.6. The molecule has 0 saturated heterocycles. The minimum Gasteiger partial charge on any atom is -0.494 e. The van der Waals surface area contributed by atoms with Gasteiger partial charge in [-0.1, -0.05) is 23.7 Å². The van der Waals surface area contributed by atoms with Crippen LogP contribution in [0.2, 0.25) is 5.02 Å². The highest BCUT2D eigenvalue weighted by Gasteiger charge is 2.12. The van der Waals surface area contributed by atoms with Gasteiger partial charge in [-0.15, -0.1) is 11.3 Å². The highest BCUT2D eigenvalue weighted by molar-refractivity contribution is 7.16. The van der Waals surface area contributed by atoms with Crippen LogP contribution in [0, 0.1) is 6.92 Å². The number of aromatic nitrogens is 1. The number of carbonyl (C=O) groups is 1. The molecule has 0 fully saturated rings. The van der Waals surface area contributed by atoms with Crippen LogP contribution in [0.5, 0.6) is 11.5 Å². The van der Waals surface area contributed by atoms with Crippen LogP contribution < -0.4 is 14.8 Å². The third kappa shape index (κ3) is 5.21.